The van der Waals surface area contributed by atoms with Gasteiger partial charge in [0, 0.05) is 16.6 Å². The Balaban J connectivity index is 1.97. The SMILES string of the molecule is CCc1ccc(NC(=O)COc2ccc([N+](=O)[O-])cc2C)c(Br)c1. The Labute approximate surface area is 148 Å². The number of halogens is 1. The number of non-ortho nitro benzene ring substituents is 1. The highest BCUT2D eigenvalue weighted by atomic mass is 79.9. The van der Waals surface area contributed by atoms with Gasteiger partial charge in [0.1, 0.15) is 5.75 Å². The van der Waals surface area contributed by atoms with Crippen LogP contribution in [0.1, 0.15) is 18.1 Å². The minimum Gasteiger partial charge on any atom is -0.483 e. The Bertz CT molecular complexity index is 777. The van der Waals surface area contributed by atoms with Crippen molar-refractivity contribution in [1.29, 1.82) is 0 Å². The predicted molar refractivity (Wildman–Crippen MR) is 95.5 cm³/mol. The first-order valence-electron chi connectivity index (χ1n) is 7.36. The number of nitro groups is 1. The number of carbonyl (C=O) groups is 1. The maximum Gasteiger partial charge on any atom is 0.269 e. The number of nitrogens with zero attached hydrogens (tertiary/aromatic N) is 1. The van der Waals surface area contributed by atoms with Crippen molar-refractivity contribution in [2.24, 2.45) is 0 Å². The van der Waals surface area contributed by atoms with Crippen LogP contribution in [0.2, 0.25) is 0 Å². The van der Waals surface area contributed by atoms with Crippen molar-refractivity contribution in [3.8, 4) is 5.75 Å². The van der Waals surface area contributed by atoms with Crippen molar-refractivity contribution < 1.29 is 14.5 Å². The molecule has 0 atom stereocenters. The molecule has 1 amide bonds. The standard InChI is InChI=1S/C17H17BrN2O4/c1-3-12-4-6-15(14(18)9-12)19-17(21)10-24-16-7-5-13(20(22)23)8-11(16)2/h4-9H,3,10H2,1-2H3,(H,19,21). The molecule has 24 heavy (non-hydrogen) atoms. The Kier molecular flexibility index (Phi) is 5.92. The lowest BCUT2D eigenvalue weighted by atomic mass is 10.1. The summed E-state index contributed by atoms with van der Waals surface area (Å²) < 4.78 is 6.25. The van der Waals surface area contributed by atoms with Crippen LogP contribution >= 0.6 is 15.9 Å². The Morgan fingerprint density at radius 2 is 2.04 bits per heavy atom. The van der Waals surface area contributed by atoms with Crippen molar-refractivity contribution >= 4 is 33.2 Å². The van der Waals surface area contributed by atoms with E-state index in [1.165, 1.54) is 18.2 Å². The lowest BCUT2D eigenvalue weighted by molar-refractivity contribution is -0.384. The molecule has 126 valence electrons. The van der Waals surface area contributed by atoms with Gasteiger partial charge in [-0.25, -0.2) is 0 Å². The van der Waals surface area contributed by atoms with Gasteiger partial charge in [-0.05, 0) is 58.6 Å². The molecule has 0 heterocycles. The first-order chi connectivity index (χ1) is 11.4. The summed E-state index contributed by atoms with van der Waals surface area (Å²) in [5.41, 5.74) is 2.42. The molecule has 6 nitrogen and oxygen atoms in total. The van der Waals surface area contributed by atoms with Crippen LogP contribution in [-0.2, 0) is 11.2 Å². The second-order valence-electron chi connectivity index (χ2n) is 5.21. The van der Waals surface area contributed by atoms with Gasteiger partial charge in [-0.15, -0.1) is 0 Å². The highest BCUT2D eigenvalue weighted by Crippen LogP contribution is 2.25. The quantitative estimate of drug-likeness (QED) is 0.588. The average Bonchev–Trinajstić information content (AvgIpc) is 2.55. The van der Waals surface area contributed by atoms with Crippen LogP contribution in [0.4, 0.5) is 11.4 Å². The van der Waals surface area contributed by atoms with Crippen molar-refractivity contribution in [2.75, 3.05) is 11.9 Å². The largest absolute Gasteiger partial charge is 0.483 e. The van der Waals surface area contributed by atoms with E-state index in [0.717, 1.165) is 16.5 Å². The first-order valence-corrected chi connectivity index (χ1v) is 8.16. The Hall–Kier alpha value is -2.41. The summed E-state index contributed by atoms with van der Waals surface area (Å²) in [4.78, 5) is 22.3. The molecule has 2 rings (SSSR count). The molecule has 2 aromatic carbocycles. The number of ether oxygens (including phenoxy) is 1. The highest BCUT2D eigenvalue weighted by molar-refractivity contribution is 9.10. The number of hydrogen-bond donors (Lipinski definition) is 1. The van der Waals surface area contributed by atoms with Gasteiger partial charge in [0.25, 0.3) is 11.6 Å². The monoisotopic (exact) mass is 392 g/mol. The molecule has 0 saturated carbocycles. The third kappa shape index (κ3) is 4.55. The van der Waals surface area contributed by atoms with Crippen LogP contribution in [0.3, 0.4) is 0 Å². The maximum atomic E-state index is 12.0. The topological polar surface area (TPSA) is 81.5 Å². The maximum absolute atomic E-state index is 12.0. The summed E-state index contributed by atoms with van der Waals surface area (Å²) in [6.07, 6.45) is 0.912. The number of carbonyl (C=O) groups excluding carboxylic acids is 1. The van der Waals surface area contributed by atoms with Crippen molar-refractivity contribution in [3.05, 3.63) is 62.1 Å². The van der Waals surface area contributed by atoms with Gasteiger partial charge in [-0.3, -0.25) is 14.9 Å². The second-order valence-corrected chi connectivity index (χ2v) is 6.07. The number of amides is 1. The molecule has 0 radical (unpaired) electrons. The molecule has 0 aliphatic heterocycles. The minimum absolute atomic E-state index is 0.00996. The minimum atomic E-state index is -0.471. The van der Waals surface area contributed by atoms with Crippen LogP contribution in [0.15, 0.2) is 40.9 Å². The summed E-state index contributed by atoms with van der Waals surface area (Å²) >= 11 is 3.43. The third-order valence-corrected chi connectivity index (χ3v) is 4.10. The van der Waals surface area contributed by atoms with Gasteiger partial charge in [0.15, 0.2) is 6.61 Å². The van der Waals surface area contributed by atoms with Crippen LogP contribution in [0, 0.1) is 17.0 Å². The molecule has 0 spiro atoms. The summed E-state index contributed by atoms with van der Waals surface area (Å²) in [6.45, 7) is 3.57. The number of rotatable bonds is 6. The zero-order chi connectivity index (χ0) is 17.7. The second kappa shape index (κ2) is 7.92. The fraction of sp³-hybridized carbons (Fsp3) is 0.235. The summed E-state index contributed by atoms with van der Waals surface area (Å²) in [7, 11) is 0. The first kappa shape index (κ1) is 17.9. The third-order valence-electron chi connectivity index (χ3n) is 3.44. The number of nitro benzene ring substituents is 1. The molecule has 0 bridgehead atoms. The molecule has 0 fully saturated rings. The molecular weight excluding hydrogens is 376 g/mol. The Morgan fingerprint density at radius 3 is 2.62 bits per heavy atom. The number of anilines is 1. The van der Waals surface area contributed by atoms with E-state index < -0.39 is 4.92 Å². The fourth-order valence-electron chi connectivity index (χ4n) is 2.12. The number of benzene rings is 2. The lowest BCUT2D eigenvalue weighted by Gasteiger charge is -2.11. The normalized spacial score (nSPS) is 10.3. The van der Waals surface area contributed by atoms with Gasteiger partial charge >= 0.3 is 0 Å². The summed E-state index contributed by atoms with van der Waals surface area (Å²) in [5, 5.41) is 13.5. The average molecular weight is 393 g/mol. The van der Waals surface area contributed by atoms with E-state index >= 15 is 0 Å². The number of nitrogens with one attached hydrogen (secondary N) is 1. The van der Waals surface area contributed by atoms with Gasteiger partial charge in [0.2, 0.25) is 0 Å². The van der Waals surface area contributed by atoms with E-state index in [2.05, 4.69) is 28.2 Å². The summed E-state index contributed by atoms with van der Waals surface area (Å²) in [6, 6.07) is 9.98. The molecule has 7 heteroatoms. The lowest BCUT2D eigenvalue weighted by Crippen LogP contribution is -2.20. The van der Waals surface area contributed by atoms with Gasteiger partial charge in [-0.2, -0.15) is 0 Å². The molecule has 0 aliphatic carbocycles. The van der Waals surface area contributed by atoms with Crippen LogP contribution in [0.5, 0.6) is 5.75 Å². The summed E-state index contributed by atoms with van der Waals surface area (Å²) in [5.74, 6) is 0.133. The van der Waals surface area contributed by atoms with Crippen LogP contribution < -0.4 is 10.1 Å². The molecule has 0 unspecified atom stereocenters. The highest BCUT2D eigenvalue weighted by Gasteiger charge is 2.11. The van der Waals surface area contributed by atoms with Crippen molar-refractivity contribution in [2.45, 2.75) is 20.3 Å². The van der Waals surface area contributed by atoms with Gasteiger partial charge < -0.3 is 10.1 Å². The zero-order valence-corrected chi connectivity index (χ0v) is 14.9. The molecule has 0 aromatic heterocycles. The van der Waals surface area contributed by atoms with Gasteiger partial charge in [0.05, 0.1) is 10.6 Å². The number of aryl methyl sites for hydroxylation is 2. The van der Waals surface area contributed by atoms with Crippen LogP contribution in [-0.4, -0.2) is 17.4 Å². The fourth-order valence-corrected chi connectivity index (χ4v) is 2.64. The van der Waals surface area contributed by atoms with Crippen molar-refractivity contribution in [1.82, 2.24) is 0 Å². The van der Waals surface area contributed by atoms with Crippen molar-refractivity contribution in [3.63, 3.8) is 0 Å². The van der Waals surface area contributed by atoms with Gasteiger partial charge in [-0.1, -0.05) is 13.0 Å². The van der Waals surface area contributed by atoms with Crippen LogP contribution in [0.25, 0.3) is 0 Å². The zero-order valence-electron chi connectivity index (χ0n) is 13.3. The number of hydrogen-bond acceptors (Lipinski definition) is 4. The van der Waals surface area contributed by atoms with E-state index in [1.807, 2.05) is 18.2 Å². The molecular formula is C17H17BrN2O4. The van der Waals surface area contributed by atoms with E-state index in [-0.39, 0.29) is 18.2 Å². The Morgan fingerprint density at radius 1 is 1.29 bits per heavy atom. The molecule has 0 saturated heterocycles. The van der Waals surface area contributed by atoms with E-state index in [9.17, 15) is 14.9 Å². The molecule has 2 aromatic rings. The smallest absolute Gasteiger partial charge is 0.269 e. The van der Waals surface area contributed by atoms with E-state index in [4.69, 9.17) is 4.74 Å². The molecule has 0 aliphatic rings. The van der Waals surface area contributed by atoms with E-state index in [1.54, 1.807) is 6.92 Å². The predicted octanol–water partition coefficient (Wildman–Crippen LogP) is 4.25. The molecule has 1 N–H and O–H groups in total. The van der Waals surface area contributed by atoms with E-state index in [0.29, 0.717) is 17.0 Å².